The number of hydrogen-bond acceptors (Lipinski definition) is 5. The van der Waals surface area contributed by atoms with E-state index < -0.39 is 10.0 Å². The Bertz CT molecular complexity index is 581. The van der Waals surface area contributed by atoms with Crippen LogP contribution in [0, 0.1) is 5.92 Å². The molecule has 0 atom stereocenters. The first-order valence-electron chi connectivity index (χ1n) is 6.56. The van der Waals surface area contributed by atoms with Gasteiger partial charge < -0.3 is 4.90 Å². The molecule has 0 radical (unpaired) electrons. The average Bonchev–Trinajstić information content (AvgIpc) is 2.72. The van der Waals surface area contributed by atoms with E-state index in [0.717, 1.165) is 37.4 Å². The van der Waals surface area contributed by atoms with E-state index in [1.165, 1.54) is 18.2 Å². The number of anilines is 1. The molecule has 7 heteroatoms. The number of sulfonamides is 1. The molecular formula is C12H18N4O2S. The normalized spacial score (nSPS) is 19.3. The van der Waals surface area contributed by atoms with Crippen LogP contribution in [0.25, 0.3) is 0 Å². The molecule has 104 valence electrons. The maximum absolute atomic E-state index is 11.0. The molecular weight excluding hydrogens is 264 g/mol. The summed E-state index contributed by atoms with van der Waals surface area (Å²) < 4.78 is 24.6. The number of aryl methyl sites for hydroxylation is 2. The molecule has 1 fully saturated rings. The molecule has 1 aliphatic carbocycles. The summed E-state index contributed by atoms with van der Waals surface area (Å²) in [7, 11) is -3.08. The fourth-order valence-electron chi connectivity index (χ4n) is 2.63. The Labute approximate surface area is 113 Å². The quantitative estimate of drug-likeness (QED) is 0.838. The zero-order valence-electron chi connectivity index (χ0n) is 11.0. The molecule has 2 aliphatic rings. The van der Waals surface area contributed by atoms with E-state index in [9.17, 15) is 8.42 Å². The molecule has 6 nitrogen and oxygen atoms in total. The average molecular weight is 282 g/mol. The number of nitrogens with zero attached hydrogens (tertiary/aromatic N) is 3. The van der Waals surface area contributed by atoms with Gasteiger partial charge in [0, 0.05) is 25.6 Å². The molecule has 3 rings (SSSR count). The van der Waals surface area contributed by atoms with Crippen LogP contribution in [0.1, 0.15) is 17.7 Å². The van der Waals surface area contributed by atoms with E-state index in [1.807, 2.05) is 0 Å². The van der Waals surface area contributed by atoms with Gasteiger partial charge in [0.05, 0.1) is 11.9 Å². The minimum Gasteiger partial charge on any atom is -0.354 e. The number of nitrogens with one attached hydrogen (secondary N) is 1. The summed E-state index contributed by atoms with van der Waals surface area (Å²) in [6, 6.07) is 2.13. The van der Waals surface area contributed by atoms with Crippen molar-refractivity contribution in [1.29, 1.82) is 0 Å². The standard InChI is InChI=1S/C12H18N4O2S/c1-19(17,18)13-6-9-7-16(8-9)12-5-10-3-2-4-11(10)14-15-12/h5,9,13H,2-4,6-8H2,1H3. The van der Waals surface area contributed by atoms with E-state index in [4.69, 9.17) is 0 Å². The molecule has 0 aromatic carbocycles. The second-order valence-corrected chi connectivity index (χ2v) is 7.25. The van der Waals surface area contributed by atoms with Crippen LogP contribution in [0.4, 0.5) is 5.82 Å². The van der Waals surface area contributed by atoms with E-state index in [1.54, 1.807) is 0 Å². The SMILES string of the molecule is CS(=O)(=O)NCC1CN(c2cc3c(nn2)CCC3)C1. The minimum atomic E-state index is -3.08. The molecule has 0 bridgehead atoms. The van der Waals surface area contributed by atoms with Crippen LogP contribution in [-0.4, -0.2) is 44.5 Å². The predicted molar refractivity (Wildman–Crippen MR) is 72.6 cm³/mol. The highest BCUT2D eigenvalue weighted by Crippen LogP contribution is 2.26. The monoisotopic (exact) mass is 282 g/mol. The van der Waals surface area contributed by atoms with Gasteiger partial charge in [-0.2, -0.15) is 5.10 Å². The van der Waals surface area contributed by atoms with Crippen LogP contribution in [0.3, 0.4) is 0 Å². The first-order valence-corrected chi connectivity index (χ1v) is 8.45. The molecule has 2 heterocycles. The van der Waals surface area contributed by atoms with Gasteiger partial charge >= 0.3 is 0 Å². The number of fused-ring (bicyclic) bond motifs is 1. The van der Waals surface area contributed by atoms with Gasteiger partial charge in [0.25, 0.3) is 0 Å². The molecule has 1 saturated heterocycles. The largest absolute Gasteiger partial charge is 0.354 e. The third kappa shape index (κ3) is 2.87. The Hall–Kier alpha value is -1.21. The zero-order valence-corrected chi connectivity index (χ0v) is 11.8. The Kier molecular flexibility index (Phi) is 3.18. The number of hydrogen-bond donors (Lipinski definition) is 1. The Balaban J connectivity index is 1.56. The van der Waals surface area contributed by atoms with E-state index in [-0.39, 0.29) is 0 Å². The van der Waals surface area contributed by atoms with Crippen molar-refractivity contribution >= 4 is 15.8 Å². The van der Waals surface area contributed by atoms with Crippen LogP contribution in [0.15, 0.2) is 6.07 Å². The first-order chi connectivity index (χ1) is 9.01. The molecule has 0 unspecified atom stereocenters. The van der Waals surface area contributed by atoms with Crippen LogP contribution in [0.5, 0.6) is 0 Å². The zero-order chi connectivity index (χ0) is 13.5. The summed E-state index contributed by atoms with van der Waals surface area (Å²) in [5.74, 6) is 1.29. The molecule has 0 amide bonds. The lowest BCUT2D eigenvalue weighted by Crippen LogP contribution is -2.51. The predicted octanol–water partition coefficient (Wildman–Crippen LogP) is -0.0493. The van der Waals surface area contributed by atoms with Crippen LogP contribution < -0.4 is 9.62 Å². The van der Waals surface area contributed by atoms with Gasteiger partial charge in [-0.25, -0.2) is 13.1 Å². The summed E-state index contributed by atoms with van der Waals surface area (Å²) in [6.07, 6.45) is 4.51. The second-order valence-electron chi connectivity index (χ2n) is 5.42. The van der Waals surface area contributed by atoms with Crippen molar-refractivity contribution in [2.24, 2.45) is 5.92 Å². The van der Waals surface area contributed by atoms with Gasteiger partial charge in [-0.15, -0.1) is 5.10 Å². The minimum absolute atomic E-state index is 0.366. The van der Waals surface area contributed by atoms with Crippen molar-refractivity contribution in [2.75, 3.05) is 30.8 Å². The Morgan fingerprint density at radius 1 is 1.37 bits per heavy atom. The van der Waals surface area contributed by atoms with E-state index in [0.29, 0.717) is 12.5 Å². The second kappa shape index (κ2) is 4.72. The van der Waals surface area contributed by atoms with Crippen molar-refractivity contribution in [3.63, 3.8) is 0 Å². The fraction of sp³-hybridized carbons (Fsp3) is 0.667. The van der Waals surface area contributed by atoms with Gasteiger partial charge in [-0.1, -0.05) is 0 Å². The van der Waals surface area contributed by atoms with E-state index in [2.05, 4.69) is 25.9 Å². The number of aromatic nitrogens is 2. The van der Waals surface area contributed by atoms with Gasteiger partial charge in [-0.3, -0.25) is 0 Å². The summed E-state index contributed by atoms with van der Waals surface area (Å²) in [4.78, 5) is 2.15. The highest BCUT2D eigenvalue weighted by atomic mass is 32.2. The Morgan fingerprint density at radius 2 is 2.16 bits per heavy atom. The fourth-order valence-corrected chi connectivity index (χ4v) is 3.17. The van der Waals surface area contributed by atoms with Crippen molar-refractivity contribution in [2.45, 2.75) is 19.3 Å². The van der Waals surface area contributed by atoms with Crippen LogP contribution in [-0.2, 0) is 22.9 Å². The highest BCUT2D eigenvalue weighted by molar-refractivity contribution is 7.88. The van der Waals surface area contributed by atoms with Crippen molar-refractivity contribution in [1.82, 2.24) is 14.9 Å². The lowest BCUT2D eigenvalue weighted by Gasteiger charge is -2.39. The van der Waals surface area contributed by atoms with Crippen molar-refractivity contribution in [3.05, 3.63) is 17.3 Å². The summed E-state index contributed by atoms with van der Waals surface area (Å²) in [6.45, 7) is 2.19. The number of rotatable bonds is 4. The molecule has 1 N–H and O–H groups in total. The van der Waals surface area contributed by atoms with Gasteiger partial charge in [0.2, 0.25) is 10.0 Å². The molecule has 1 aliphatic heterocycles. The van der Waals surface area contributed by atoms with Gasteiger partial charge in [-0.05, 0) is 30.9 Å². The molecule has 19 heavy (non-hydrogen) atoms. The van der Waals surface area contributed by atoms with Gasteiger partial charge in [0.15, 0.2) is 5.82 Å². The maximum atomic E-state index is 11.0. The summed E-state index contributed by atoms with van der Waals surface area (Å²) >= 11 is 0. The third-order valence-electron chi connectivity index (χ3n) is 3.72. The highest BCUT2D eigenvalue weighted by Gasteiger charge is 2.29. The van der Waals surface area contributed by atoms with Crippen molar-refractivity contribution in [3.8, 4) is 0 Å². The topological polar surface area (TPSA) is 75.2 Å². The third-order valence-corrected chi connectivity index (χ3v) is 4.41. The first kappa shape index (κ1) is 12.8. The van der Waals surface area contributed by atoms with Crippen molar-refractivity contribution < 1.29 is 8.42 Å². The van der Waals surface area contributed by atoms with Gasteiger partial charge in [0.1, 0.15) is 0 Å². The molecule has 1 aromatic rings. The molecule has 0 saturated carbocycles. The molecule has 0 spiro atoms. The molecule has 1 aromatic heterocycles. The smallest absolute Gasteiger partial charge is 0.208 e. The Morgan fingerprint density at radius 3 is 2.89 bits per heavy atom. The van der Waals surface area contributed by atoms with E-state index >= 15 is 0 Å². The van der Waals surface area contributed by atoms with Crippen LogP contribution >= 0.6 is 0 Å². The lowest BCUT2D eigenvalue weighted by atomic mass is 10.0. The van der Waals surface area contributed by atoms with Crippen LogP contribution in [0.2, 0.25) is 0 Å². The maximum Gasteiger partial charge on any atom is 0.208 e. The summed E-state index contributed by atoms with van der Waals surface area (Å²) in [5.41, 5.74) is 2.46. The lowest BCUT2D eigenvalue weighted by molar-refractivity contribution is 0.402. The summed E-state index contributed by atoms with van der Waals surface area (Å²) in [5, 5.41) is 8.52.